The summed E-state index contributed by atoms with van der Waals surface area (Å²) in [5.41, 5.74) is 5.73. The van der Waals surface area contributed by atoms with Crippen LogP contribution in [0.5, 0.6) is 5.75 Å². The molecule has 3 N–H and O–H groups in total. The molecule has 0 saturated carbocycles. The lowest BCUT2D eigenvalue weighted by Crippen LogP contribution is -2.41. The van der Waals surface area contributed by atoms with Crippen LogP contribution in [0.4, 0.5) is 0 Å². The van der Waals surface area contributed by atoms with Crippen LogP contribution in [0, 0.1) is 0 Å². The fourth-order valence-corrected chi connectivity index (χ4v) is 3.62. The standard InChI is InChI=1S/C15H19BrN2O3/c16-13-7-10(1-2-12(13)14(17)19)21-11-8-15(20-9-11)3-5-18-6-4-15/h1-2,7,11,18H,3-6,8-9H2,(H2,17,19). The molecule has 0 aliphatic carbocycles. The van der Waals surface area contributed by atoms with Gasteiger partial charge in [0.1, 0.15) is 11.9 Å². The highest BCUT2D eigenvalue weighted by Gasteiger charge is 2.42. The predicted octanol–water partition coefficient (Wildman–Crippen LogP) is 1.84. The number of halogens is 1. The lowest BCUT2D eigenvalue weighted by atomic mass is 9.89. The van der Waals surface area contributed by atoms with Gasteiger partial charge in [-0.15, -0.1) is 0 Å². The molecule has 0 radical (unpaired) electrons. The zero-order valence-corrected chi connectivity index (χ0v) is 13.3. The van der Waals surface area contributed by atoms with Crippen molar-refractivity contribution in [3.8, 4) is 5.75 Å². The van der Waals surface area contributed by atoms with Gasteiger partial charge in [-0.2, -0.15) is 0 Å². The Morgan fingerprint density at radius 2 is 2.19 bits per heavy atom. The molecule has 114 valence electrons. The van der Waals surface area contributed by atoms with Crippen molar-refractivity contribution >= 4 is 21.8 Å². The van der Waals surface area contributed by atoms with Crippen molar-refractivity contribution in [1.29, 1.82) is 0 Å². The number of ether oxygens (including phenoxy) is 2. The summed E-state index contributed by atoms with van der Waals surface area (Å²) >= 11 is 3.35. The average Bonchev–Trinajstić information content (AvgIpc) is 2.82. The van der Waals surface area contributed by atoms with E-state index in [-0.39, 0.29) is 11.7 Å². The van der Waals surface area contributed by atoms with E-state index in [4.69, 9.17) is 15.2 Å². The second kappa shape index (κ2) is 5.94. The van der Waals surface area contributed by atoms with Crippen molar-refractivity contribution in [2.24, 2.45) is 5.73 Å². The maximum atomic E-state index is 11.2. The summed E-state index contributed by atoms with van der Waals surface area (Å²) in [4.78, 5) is 11.2. The first kappa shape index (κ1) is 14.8. The van der Waals surface area contributed by atoms with E-state index in [9.17, 15) is 4.79 Å². The first-order valence-electron chi connectivity index (χ1n) is 7.19. The van der Waals surface area contributed by atoms with E-state index in [1.807, 2.05) is 0 Å². The number of nitrogens with two attached hydrogens (primary N) is 1. The third-order valence-electron chi connectivity index (χ3n) is 4.20. The van der Waals surface area contributed by atoms with Crippen LogP contribution in [0.1, 0.15) is 29.6 Å². The maximum Gasteiger partial charge on any atom is 0.249 e. The van der Waals surface area contributed by atoms with Gasteiger partial charge >= 0.3 is 0 Å². The molecule has 2 aliphatic rings. The lowest BCUT2D eigenvalue weighted by molar-refractivity contribution is -0.0205. The monoisotopic (exact) mass is 354 g/mol. The Morgan fingerprint density at radius 1 is 1.43 bits per heavy atom. The predicted molar refractivity (Wildman–Crippen MR) is 82.5 cm³/mol. The lowest BCUT2D eigenvalue weighted by Gasteiger charge is -2.32. The normalized spacial score (nSPS) is 24.1. The fourth-order valence-electron chi connectivity index (χ4n) is 3.07. The number of primary amides is 1. The van der Waals surface area contributed by atoms with Crippen molar-refractivity contribution in [3.63, 3.8) is 0 Å². The van der Waals surface area contributed by atoms with E-state index in [0.717, 1.165) is 38.1 Å². The number of rotatable bonds is 3. The second-order valence-electron chi connectivity index (χ2n) is 5.69. The quantitative estimate of drug-likeness (QED) is 0.868. The van der Waals surface area contributed by atoms with Crippen LogP contribution >= 0.6 is 15.9 Å². The van der Waals surface area contributed by atoms with Crippen LogP contribution in [0.3, 0.4) is 0 Å². The molecule has 5 nitrogen and oxygen atoms in total. The van der Waals surface area contributed by atoms with E-state index in [1.165, 1.54) is 0 Å². The van der Waals surface area contributed by atoms with Crippen molar-refractivity contribution in [2.45, 2.75) is 31.0 Å². The van der Waals surface area contributed by atoms with E-state index in [0.29, 0.717) is 16.6 Å². The van der Waals surface area contributed by atoms with Crippen LogP contribution in [0.25, 0.3) is 0 Å². The third kappa shape index (κ3) is 3.22. The van der Waals surface area contributed by atoms with Gasteiger partial charge in [0.25, 0.3) is 0 Å². The second-order valence-corrected chi connectivity index (χ2v) is 6.55. The summed E-state index contributed by atoms with van der Waals surface area (Å²) in [5.74, 6) is 0.276. The first-order valence-corrected chi connectivity index (χ1v) is 7.98. The molecule has 2 saturated heterocycles. The Labute approximate surface area is 132 Å². The van der Waals surface area contributed by atoms with Gasteiger partial charge in [0, 0.05) is 10.9 Å². The Morgan fingerprint density at radius 3 is 2.86 bits per heavy atom. The molecule has 0 bridgehead atoms. The molecule has 0 aromatic heterocycles. The zero-order valence-electron chi connectivity index (χ0n) is 11.7. The summed E-state index contributed by atoms with van der Waals surface area (Å²) in [6, 6.07) is 5.24. The van der Waals surface area contributed by atoms with Gasteiger partial charge in [0.2, 0.25) is 5.91 Å². The molecule has 1 unspecified atom stereocenters. The van der Waals surface area contributed by atoms with Gasteiger partial charge in [-0.1, -0.05) is 0 Å². The van der Waals surface area contributed by atoms with Crippen molar-refractivity contribution in [2.75, 3.05) is 19.7 Å². The number of nitrogens with one attached hydrogen (secondary N) is 1. The van der Waals surface area contributed by atoms with E-state index >= 15 is 0 Å². The smallest absolute Gasteiger partial charge is 0.249 e. The molecule has 2 fully saturated rings. The van der Waals surface area contributed by atoms with Gasteiger partial charge in [-0.05, 0) is 60.1 Å². The van der Waals surface area contributed by atoms with Gasteiger partial charge in [0.15, 0.2) is 0 Å². The Bertz CT molecular complexity index is 544. The number of benzene rings is 1. The van der Waals surface area contributed by atoms with Crippen LogP contribution in [0.15, 0.2) is 22.7 Å². The molecule has 1 amide bonds. The number of hydrogen-bond donors (Lipinski definition) is 2. The molecular weight excluding hydrogens is 336 g/mol. The molecule has 6 heteroatoms. The van der Waals surface area contributed by atoms with Gasteiger partial charge in [-0.3, -0.25) is 4.79 Å². The largest absolute Gasteiger partial charge is 0.488 e. The summed E-state index contributed by atoms with van der Waals surface area (Å²) in [6.07, 6.45) is 3.06. The maximum absolute atomic E-state index is 11.2. The molecule has 1 atom stereocenters. The van der Waals surface area contributed by atoms with Crippen LogP contribution in [-0.4, -0.2) is 37.3 Å². The minimum Gasteiger partial charge on any atom is -0.488 e. The highest BCUT2D eigenvalue weighted by atomic mass is 79.9. The van der Waals surface area contributed by atoms with E-state index in [2.05, 4.69) is 21.2 Å². The number of hydrogen-bond acceptors (Lipinski definition) is 4. The average molecular weight is 355 g/mol. The Hall–Kier alpha value is -1.11. The molecule has 2 aliphatic heterocycles. The molecule has 3 rings (SSSR count). The third-order valence-corrected chi connectivity index (χ3v) is 4.85. The molecule has 2 heterocycles. The summed E-state index contributed by atoms with van der Waals surface area (Å²) in [6.45, 7) is 2.63. The number of piperidine rings is 1. The molecule has 1 aromatic rings. The zero-order chi connectivity index (χ0) is 14.9. The highest BCUT2D eigenvalue weighted by Crippen LogP contribution is 2.36. The van der Waals surface area contributed by atoms with Crippen molar-refractivity contribution in [1.82, 2.24) is 5.32 Å². The topological polar surface area (TPSA) is 73.6 Å². The van der Waals surface area contributed by atoms with E-state index < -0.39 is 5.91 Å². The molecule has 1 aromatic carbocycles. The van der Waals surface area contributed by atoms with Gasteiger partial charge < -0.3 is 20.5 Å². The Balaban J connectivity index is 1.65. The van der Waals surface area contributed by atoms with Gasteiger partial charge in [0.05, 0.1) is 17.8 Å². The summed E-state index contributed by atoms with van der Waals surface area (Å²) in [5, 5.41) is 3.35. The molecular formula is C15H19BrN2O3. The van der Waals surface area contributed by atoms with Crippen LogP contribution < -0.4 is 15.8 Å². The van der Waals surface area contributed by atoms with Crippen molar-refractivity contribution < 1.29 is 14.3 Å². The van der Waals surface area contributed by atoms with Crippen molar-refractivity contribution in [3.05, 3.63) is 28.2 Å². The Kier molecular flexibility index (Phi) is 4.19. The van der Waals surface area contributed by atoms with E-state index in [1.54, 1.807) is 18.2 Å². The van der Waals surface area contributed by atoms with Crippen LogP contribution in [-0.2, 0) is 4.74 Å². The summed E-state index contributed by atoms with van der Waals surface area (Å²) < 4.78 is 12.7. The number of carbonyl (C=O) groups is 1. The highest BCUT2D eigenvalue weighted by molar-refractivity contribution is 9.10. The SMILES string of the molecule is NC(=O)c1ccc(OC2COC3(CCNCC3)C2)cc1Br. The molecule has 21 heavy (non-hydrogen) atoms. The molecule has 1 spiro atoms. The minimum absolute atomic E-state index is 0.0136. The summed E-state index contributed by atoms with van der Waals surface area (Å²) in [7, 11) is 0. The first-order chi connectivity index (χ1) is 10.1. The van der Waals surface area contributed by atoms with Gasteiger partial charge in [-0.25, -0.2) is 0 Å². The number of amides is 1. The fraction of sp³-hybridized carbons (Fsp3) is 0.533. The van der Waals surface area contributed by atoms with Crippen LogP contribution in [0.2, 0.25) is 0 Å². The minimum atomic E-state index is -0.453. The number of carbonyl (C=O) groups excluding carboxylic acids is 1.